The summed E-state index contributed by atoms with van der Waals surface area (Å²) in [4.78, 5) is 14.9. The van der Waals surface area contributed by atoms with Crippen LogP contribution in [0.5, 0.6) is 0 Å². The summed E-state index contributed by atoms with van der Waals surface area (Å²) >= 11 is 6.11. The minimum atomic E-state index is -3.61. The van der Waals surface area contributed by atoms with Crippen LogP contribution in [0.2, 0.25) is 5.02 Å². The van der Waals surface area contributed by atoms with E-state index < -0.39 is 10.0 Å². The summed E-state index contributed by atoms with van der Waals surface area (Å²) in [6.45, 7) is 4.68. The summed E-state index contributed by atoms with van der Waals surface area (Å²) in [5.74, 6) is -0.357. The lowest BCUT2D eigenvalue weighted by Crippen LogP contribution is -2.44. The van der Waals surface area contributed by atoms with Gasteiger partial charge in [-0.3, -0.25) is 9.69 Å². The first-order chi connectivity index (χ1) is 11.7. The molecule has 8 heteroatoms. The van der Waals surface area contributed by atoms with Gasteiger partial charge in [-0.2, -0.15) is 0 Å². The van der Waals surface area contributed by atoms with Crippen molar-refractivity contribution in [2.45, 2.75) is 37.1 Å². The van der Waals surface area contributed by atoms with Gasteiger partial charge in [0, 0.05) is 26.7 Å². The fourth-order valence-electron chi connectivity index (χ4n) is 2.87. The van der Waals surface area contributed by atoms with Gasteiger partial charge in [-0.25, -0.2) is 12.7 Å². The predicted octanol–water partition coefficient (Wildman–Crippen LogP) is 2.19. The van der Waals surface area contributed by atoms with Crippen molar-refractivity contribution in [2.24, 2.45) is 0 Å². The number of hydrogen-bond acceptors (Lipinski definition) is 4. The molecule has 1 aliphatic rings. The van der Waals surface area contributed by atoms with Gasteiger partial charge in [0.2, 0.25) is 10.0 Å². The molecule has 0 spiro atoms. The van der Waals surface area contributed by atoms with Crippen LogP contribution < -0.4 is 5.32 Å². The number of rotatable bonds is 6. The molecule has 6 nitrogen and oxygen atoms in total. The van der Waals surface area contributed by atoms with E-state index in [0.717, 1.165) is 17.4 Å². The molecule has 1 unspecified atom stereocenters. The van der Waals surface area contributed by atoms with Crippen molar-refractivity contribution in [1.29, 1.82) is 0 Å². The lowest BCUT2D eigenvalue weighted by Gasteiger charge is -2.32. The van der Waals surface area contributed by atoms with Crippen molar-refractivity contribution in [3.8, 4) is 0 Å². The average Bonchev–Trinajstić information content (AvgIpc) is 2.60. The van der Waals surface area contributed by atoms with Crippen LogP contribution in [0.3, 0.4) is 0 Å². The number of carbonyl (C=O) groups is 1. The molecule has 1 fully saturated rings. The molecule has 0 saturated carbocycles. The van der Waals surface area contributed by atoms with Gasteiger partial charge < -0.3 is 5.32 Å². The minimum Gasteiger partial charge on any atom is -0.350 e. The number of hydrogen-bond donors (Lipinski definition) is 1. The molecule has 0 radical (unpaired) electrons. The molecule has 1 aromatic rings. The van der Waals surface area contributed by atoms with Crippen LogP contribution in [0, 0.1) is 0 Å². The van der Waals surface area contributed by atoms with E-state index in [1.165, 1.54) is 51.6 Å². The quantitative estimate of drug-likeness (QED) is 0.812. The van der Waals surface area contributed by atoms with Gasteiger partial charge in [-0.05, 0) is 51.1 Å². The summed E-state index contributed by atoms with van der Waals surface area (Å²) in [6, 6.07) is 4.42. The zero-order chi connectivity index (χ0) is 18.6. The maximum atomic E-state index is 12.5. The highest BCUT2D eigenvalue weighted by Gasteiger charge is 2.22. The van der Waals surface area contributed by atoms with Gasteiger partial charge in [-0.15, -0.1) is 0 Å². The number of amides is 1. The number of carbonyl (C=O) groups excluding carboxylic acids is 1. The maximum absolute atomic E-state index is 12.5. The number of nitrogens with one attached hydrogen (secondary N) is 1. The van der Waals surface area contributed by atoms with Crippen molar-refractivity contribution < 1.29 is 13.2 Å². The second kappa shape index (κ2) is 8.49. The molecule has 0 aromatic heterocycles. The molecule has 1 heterocycles. The Morgan fingerprint density at radius 3 is 2.52 bits per heavy atom. The Bertz CT molecular complexity index is 716. The SMILES string of the molecule is CC(CNC(=O)c1cc(S(=O)(=O)N(C)C)ccc1Cl)N1CCCCC1. The fourth-order valence-corrected chi connectivity index (χ4v) is 4.01. The third kappa shape index (κ3) is 4.94. The van der Waals surface area contributed by atoms with Crippen LogP contribution in [0.25, 0.3) is 0 Å². The molecule has 0 aliphatic carbocycles. The molecular weight excluding hydrogens is 362 g/mol. The number of likely N-dealkylation sites (tertiary alicyclic amines) is 1. The van der Waals surface area contributed by atoms with Crippen molar-refractivity contribution in [1.82, 2.24) is 14.5 Å². The highest BCUT2D eigenvalue weighted by atomic mass is 35.5. The summed E-state index contributed by atoms with van der Waals surface area (Å²) in [7, 11) is -0.715. The first-order valence-electron chi connectivity index (χ1n) is 8.48. The topological polar surface area (TPSA) is 69.7 Å². The van der Waals surface area contributed by atoms with E-state index in [4.69, 9.17) is 11.6 Å². The smallest absolute Gasteiger partial charge is 0.252 e. The van der Waals surface area contributed by atoms with Gasteiger partial charge in [0.15, 0.2) is 0 Å². The zero-order valence-corrected chi connectivity index (χ0v) is 16.5. The summed E-state index contributed by atoms with van der Waals surface area (Å²) in [5, 5.41) is 3.11. The van der Waals surface area contributed by atoms with Crippen molar-refractivity contribution in [2.75, 3.05) is 33.7 Å². The zero-order valence-electron chi connectivity index (χ0n) is 15.0. The van der Waals surface area contributed by atoms with Crippen molar-refractivity contribution >= 4 is 27.5 Å². The Kier molecular flexibility index (Phi) is 6.85. The van der Waals surface area contributed by atoms with E-state index in [-0.39, 0.29) is 27.4 Å². The third-order valence-electron chi connectivity index (χ3n) is 4.53. The Morgan fingerprint density at radius 1 is 1.28 bits per heavy atom. The molecule has 1 aliphatic heterocycles. The largest absolute Gasteiger partial charge is 0.350 e. The third-order valence-corrected chi connectivity index (χ3v) is 6.67. The number of halogens is 1. The summed E-state index contributed by atoms with van der Waals surface area (Å²) in [6.07, 6.45) is 3.64. The number of nitrogens with zero attached hydrogens (tertiary/aromatic N) is 2. The summed E-state index contributed by atoms with van der Waals surface area (Å²) in [5.41, 5.74) is 0.176. The predicted molar refractivity (Wildman–Crippen MR) is 99.5 cm³/mol. The molecule has 2 rings (SSSR count). The van der Waals surface area contributed by atoms with Crippen LogP contribution in [-0.2, 0) is 10.0 Å². The second-order valence-corrected chi connectivity index (χ2v) is 9.14. The van der Waals surface area contributed by atoms with E-state index in [9.17, 15) is 13.2 Å². The van der Waals surface area contributed by atoms with E-state index in [2.05, 4.69) is 17.1 Å². The van der Waals surface area contributed by atoms with E-state index in [0.29, 0.717) is 6.54 Å². The fraction of sp³-hybridized carbons (Fsp3) is 0.588. The first kappa shape index (κ1) is 20.2. The van der Waals surface area contributed by atoms with Gasteiger partial charge >= 0.3 is 0 Å². The number of piperidine rings is 1. The molecule has 1 amide bonds. The van der Waals surface area contributed by atoms with Gasteiger partial charge in [0.05, 0.1) is 15.5 Å². The van der Waals surface area contributed by atoms with Crippen LogP contribution in [0.15, 0.2) is 23.1 Å². The Morgan fingerprint density at radius 2 is 1.92 bits per heavy atom. The lowest BCUT2D eigenvalue weighted by atomic mass is 10.1. The van der Waals surface area contributed by atoms with Gasteiger partial charge in [-0.1, -0.05) is 18.0 Å². The monoisotopic (exact) mass is 387 g/mol. The molecule has 25 heavy (non-hydrogen) atoms. The molecule has 140 valence electrons. The van der Waals surface area contributed by atoms with Crippen LogP contribution >= 0.6 is 11.6 Å². The van der Waals surface area contributed by atoms with E-state index >= 15 is 0 Å². The highest BCUT2D eigenvalue weighted by molar-refractivity contribution is 7.89. The molecule has 1 atom stereocenters. The van der Waals surface area contributed by atoms with Crippen molar-refractivity contribution in [3.05, 3.63) is 28.8 Å². The standard InChI is InChI=1S/C17H26ClN3O3S/c1-13(21-9-5-4-6-10-21)12-19-17(22)15-11-14(7-8-16(15)18)25(23,24)20(2)3/h7-8,11,13H,4-6,9-10,12H2,1-3H3,(H,19,22). The number of benzene rings is 1. The van der Waals surface area contributed by atoms with E-state index in [1.807, 2.05) is 0 Å². The maximum Gasteiger partial charge on any atom is 0.252 e. The Hall–Kier alpha value is -1.15. The molecule has 1 saturated heterocycles. The normalized spacial score (nSPS) is 17.5. The Balaban J connectivity index is 2.08. The molecule has 1 aromatic carbocycles. The second-order valence-electron chi connectivity index (χ2n) is 6.58. The molecule has 0 bridgehead atoms. The lowest BCUT2D eigenvalue weighted by molar-refractivity contribution is 0.0930. The molecule has 1 N–H and O–H groups in total. The first-order valence-corrected chi connectivity index (χ1v) is 10.3. The van der Waals surface area contributed by atoms with Crippen molar-refractivity contribution in [3.63, 3.8) is 0 Å². The number of sulfonamides is 1. The average molecular weight is 388 g/mol. The van der Waals surface area contributed by atoms with Crippen LogP contribution in [0.1, 0.15) is 36.5 Å². The van der Waals surface area contributed by atoms with Gasteiger partial charge in [0.25, 0.3) is 5.91 Å². The minimum absolute atomic E-state index is 0.0520. The Labute approximate surface area is 155 Å². The van der Waals surface area contributed by atoms with Crippen LogP contribution in [-0.4, -0.2) is 63.3 Å². The van der Waals surface area contributed by atoms with E-state index in [1.54, 1.807) is 0 Å². The summed E-state index contributed by atoms with van der Waals surface area (Å²) < 4.78 is 25.6. The van der Waals surface area contributed by atoms with Gasteiger partial charge in [0.1, 0.15) is 0 Å². The molecular formula is C17H26ClN3O3S. The highest BCUT2D eigenvalue weighted by Crippen LogP contribution is 2.22. The van der Waals surface area contributed by atoms with Crippen LogP contribution in [0.4, 0.5) is 0 Å².